The number of nitrogens with one attached hydrogen (secondary N) is 1. The number of nitro groups is 1. The van der Waals surface area contributed by atoms with E-state index in [-0.39, 0.29) is 34.5 Å². The molecule has 156 valence electrons. The van der Waals surface area contributed by atoms with E-state index < -0.39 is 0 Å². The molecule has 2 fully saturated rings. The zero-order chi connectivity index (χ0) is 20.8. The number of carbonyl (C=O) groups is 1. The van der Waals surface area contributed by atoms with E-state index in [1.54, 1.807) is 12.1 Å². The lowest BCUT2D eigenvalue weighted by atomic mass is 9.83. The van der Waals surface area contributed by atoms with E-state index in [1.807, 2.05) is 30.3 Å². The summed E-state index contributed by atoms with van der Waals surface area (Å²) in [6.07, 6.45) is 2.56. The molecule has 2 aromatic carbocycles. The normalized spacial score (nSPS) is 22.8. The fourth-order valence-electron chi connectivity index (χ4n) is 4.69. The van der Waals surface area contributed by atoms with Gasteiger partial charge in [0.1, 0.15) is 0 Å². The highest BCUT2D eigenvalue weighted by molar-refractivity contribution is 6.33. The van der Waals surface area contributed by atoms with E-state index >= 15 is 0 Å². The van der Waals surface area contributed by atoms with Gasteiger partial charge in [0.25, 0.3) is 5.69 Å². The first-order valence-electron chi connectivity index (χ1n) is 10.3. The number of fused-ring (bicyclic) bond motifs is 3. The molecule has 30 heavy (non-hydrogen) atoms. The Balaban J connectivity index is 1.49. The maximum atomic E-state index is 13.1. The van der Waals surface area contributed by atoms with Crippen molar-refractivity contribution >= 4 is 34.6 Å². The van der Waals surface area contributed by atoms with Gasteiger partial charge in [0, 0.05) is 43.5 Å². The van der Waals surface area contributed by atoms with Gasteiger partial charge in [-0.15, -0.1) is 0 Å². The van der Waals surface area contributed by atoms with E-state index in [2.05, 4.69) is 15.1 Å². The molecule has 3 aliphatic rings. The molecule has 1 N–H and O–H groups in total. The largest absolute Gasteiger partial charge is 0.366 e. The third-order valence-electron chi connectivity index (χ3n) is 6.36. The number of non-ortho nitro benzene ring substituents is 1. The topological polar surface area (TPSA) is 78.7 Å². The molecular formula is C22H23ClN4O3. The number of nitro benzene ring substituents is 1. The highest BCUT2D eigenvalue weighted by Gasteiger charge is 2.43. The van der Waals surface area contributed by atoms with Crippen LogP contribution in [0.15, 0.2) is 42.5 Å². The second kappa shape index (κ2) is 7.47. The van der Waals surface area contributed by atoms with Crippen molar-refractivity contribution in [2.75, 3.05) is 29.4 Å². The SMILES string of the molecule is O=C(NC1CC1)[C@@H]1Cc2cc([N+](=O)[O-])ccc2N2CCN(c3ccccc3Cl)C[C@H]12. The van der Waals surface area contributed by atoms with Gasteiger partial charge in [-0.3, -0.25) is 14.9 Å². The standard InChI is InChI=1S/C22H23ClN4O3/c23-18-3-1-2-4-20(18)25-9-10-26-19-8-7-16(27(29)30)11-14(19)12-17(21(26)13-25)22(28)24-15-5-6-15/h1-4,7-8,11,15,17,21H,5-6,9-10,12-13H2,(H,24,28)/t17-,21-/m1/s1. The van der Waals surface area contributed by atoms with Crippen LogP contribution >= 0.6 is 11.6 Å². The van der Waals surface area contributed by atoms with Gasteiger partial charge in [-0.05, 0) is 43.0 Å². The molecule has 2 atom stereocenters. The fourth-order valence-corrected chi connectivity index (χ4v) is 4.94. The predicted molar refractivity (Wildman–Crippen MR) is 116 cm³/mol. The van der Waals surface area contributed by atoms with Crippen LogP contribution in [0.3, 0.4) is 0 Å². The Bertz CT molecular complexity index is 1010. The average molecular weight is 427 g/mol. The summed E-state index contributed by atoms with van der Waals surface area (Å²) in [5, 5.41) is 15.1. The van der Waals surface area contributed by atoms with Gasteiger partial charge < -0.3 is 15.1 Å². The average Bonchev–Trinajstić information content (AvgIpc) is 3.56. The molecular weight excluding hydrogens is 404 g/mol. The summed E-state index contributed by atoms with van der Waals surface area (Å²) in [5.41, 5.74) is 2.93. The van der Waals surface area contributed by atoms with Gasteiger partial charge in [-0.2, -0.15) is 0 Å². The Morgan fingerprint density at radius 3 is 2.67 bits per heavy atom. The van der Waals surface area contributed by atoms with Crippen LogP contribution < -0.4 is 15.1 Å². The van der Waals surface area contributed by atoms with Crippen molar-refractivity contribution in [3.05, 3.63) is 63.2 Å². The van der Waals surface area contributed by atoms with Crippen LogP contribution in [0.1, 0.15) is 18.4 Å². The van der Waals surface area contributed by atoms with Crippen LogP contribution in [0.25, 0.3) is 0 Å². The molecule has 0 unspecified atom stereocenters. The van der Waals surface area contributed by atoms with Crippen LogP contribution in [0.2, 0.25) is 5.02 Å². The molecule has 0 bridgehead atoms. The highest BCUT2D eigenvalue weighted by Crippen LogP contribution is 2.39. The van der Waals surface area contributed by atoms with Gasteiger partial charge in [-0.25, -0.2) is 0 Å². The van der Waals surface area contributed by atoms with E-state index in [1.165, 1.54) is 0 Å². The monoisotopic (exact) mass is 426 g/mol. The van der Waals surface area contributed by atoms with Crippen molar-refractivity contribution < 1.29 is 9.72 Å². The first kappa shape index (κ1) is 19.2. The Hall–Kier alpha value is -2.80. The van der Waals surface area contributed by atoms with Crippen molar-refractivity contribution in [1.82, 2.24) is 5.32 Å². The van der Waals surface area contributed by atoms with Crippen molar-refractivity contribution in [3.8, 4) is 0 Å². The molecule has 2 aromatic rings. The molecule has 1 saturated heterocycles. The number of piperazine rings is 1. The summed E-state index contributed by atoms with van der Waals surface area (Å²) < 4.78 is 0. The number of anilines is 2. The summed E-state index contributed by atoms with van der Waals surface area (Å²) in [5.74, 6) is -0.212. The van der Waals surface area contributed by atoms with E-state index in [9.17, 15) is 14.9 Å². The number of para-hydroxylation sites is 1. The minimum Gasteiger partial charge on any atom is -0.366 e. The summed E-state index contributed by atoms with van der Waals surface area (Å²) in [6, 6.07) is 13.1. The third-order valence-corrected chi connectivity index (χ3v) is 6.68. The van der Waals surface area contributed by atoms with Crippen molar-refractivity contribution in [2.24, 2.45) is 5.92 Å². The summed E-state index contributed by atoms with van der Waals surface area (Å²) in [7, 11) is 0. The van der Waals surface area contributed by atoms with Gasteiger partial charge in [0.05, 0.1) is 27.6 Å². The molecule has 5 rings (SSSR count). The van der Waals surface area contributed by atoms with Crippen molar-refractivity contribution in [1.29, 1.82) is 0 Å². The molecule has 2 aliphatic heterocycles. The summed E-state index contributed by atoms with van der Waals surface area (Å²) >= 11 is 6.44. The number of halogens is 1. The van der Waals surface area contributed by atoms with Crippen LogP contribution in [-0.2, 0) is 11.2 Å². The molecule has 0 radical (unpaired) electrons. The molecule has 0 aromatic heterocycles. The Morgan fingerprint density at radius 1 is 1.13 bits per heavy atom. The predicted octanol–water partition coefficient (Wildman–Crippen LogP) is 3.39. The zero-order valence-corrected chi connectivity index (χ0v) is 17.2. The van der Waals surface area contributed by atoms with Crippen LogP contribution in [-0.4, -0.2) is 42.5 Å². The molecule has 7 nitrogen and oxygen atoms in total. The van der Waals surface area contributed by atoms with Gasteiger partial charge >= 0.3 is 0 Å². The Labute approximate surface area is 179 Å². The molecule has 0 spiro atoms. The summed E-state index contributed by atoms with van der Waals surface area (Å²) in [4.78, 5) is 28.5. The number of nitrogens with zero attached hydrogens (tertiary/aromatic N) is 3. The number of rotatable bonds is 4. The van der Waals surface area contributed by atoms with Crippen molar-refractivity contribution in [2.45, 2.75) is 31.3 Å². The first-order valence-corrected chi connectivity index (χ1v) is 10.7. The highest BCUT2D eigenvalue weighted by atomic mass is 35.5. The smallest absolute Gasteiger partial charge is 0.269 e. The van der Waals surface area contributed by atoms with Crippen LogP contribution in [0, 0.1) is 16.0 Å². The second-order valence-electron chi connectivity index (χ2n) is 8.32. The molecule has 1 amide bonds. The minimum absolute atomic E-state index is 0.0114. The van der Waals surface area contributed by atoms with E-state index in [4.69, 9.17) is 11.6 Å². The van der Waals surface area contributed by atoms with Crippen LogP contribution in [0.4, 0.5) is 17.1 Å². The number of hydrogen-bond acceptors (Lipinski definition) is 5. The van der Waals surface area contributed by atoms with Crippen LogP contribution in [0.5, 0.6) is 0 Å². The quantitative estimate of drug-likeness (QED) is 0.598. The lowest BCUT2D eigenvalue weighted by Gasteiger charge is -2.49. The number of hydrogen-bond donors (Lipinski definition) is 1. The Morgan fingerprint density at radius 2 is 1.93 bits per heavy atom. The molecule has 1 aliphatic carbocycles. The zero-order valence-electron chi connectivity index (χ0n) is 16.5. The van der Waals surface area contributed by atoms with E-state index in [0.29, 0.717) is 18.0 Å². The number of benzene rings is 2. The minimum atomic E-state index is -0.374. The van der Waals surface area contributed by atoms with Gasteiger partial charge in [0.2, 0.25) is 5.91 Å². The second-order valence-corrected chi connectivity index (χ2v) is 8.73. The summed E-state index contributed by atoms with van der Waals surface area (Å²) in [6.45, 7) is 2.18. The molecule has 1 saturated carbocycles. The Kier molecular flexibility index (Phi) is 4.77. The maximum Gasteiger partial charge on any atom is 0.269 e. The van der Waals surface area contributed by atoms with E-state index in [0.717, 1.165) is 42.9 Å². The number of carbonyl (C=O) groups excluding carboxylic acids is 1. The van der Waals surface area contributed by atoms with Gasteiger partial charge in [-0.1, -0.05) is 23.7 Å². The van der Waals surface area contributed by atoms with Gasteiger partial charge in [0.15, 0.2) is 0 Å². The first-order chi connectivity index (χ1) is 14.5. The molecule has 2 heterocycles. The third kappa shape index (κ3) is 3.47. The van der Waals surface area contributed by atoms with Crippen molar-refractivity contribution in [3.63, 3.8) is 0 Å². The lowest BCUT2D eigenvalue weighted by molar-refractivity contribution is -0.384. The number of amides is 1. The fraction of sp³-hybridized carbons (Fsp3) is 0.409. The molecule has 8 heteroatoms. The maximum absolute atomic E-state index is 13.1. The lowest BCUT2D eigenvalue weighted by Crippen LogP contribution is -2.61.